The predicted molar refractivity (Wildman–Crippen MR) is 117 cm³/mol. The highest BCUT2D eigenvalue weighted by Gasteiger charge is 2.37. The Morgan fingerprint density at radius 3 is 2.41 bits per heavy atom. The third kappa shape index (κ3) is 4.08. The first kappa shape index (κ1) is 20.4. The Kier molecular flexibility index (Phi) is 6.00. The van der Waals surface area contributed by atoms with Crippen LogP contribution in [0.5, 0.6) is 0 Å². The summed E-state index contributed by atoms with van der Waals surface area (Å²) in [6.45, 7) is 4.16. The Balaban J connectivity index is 2.19. The number of halogens is 4. The summed E-state index contributed by atoms with van der Waals surface area (Å²) in [5, 5.41) is 0. The maximum Gasteiger partial charge on any atom is 0.449 e. The molecule has 0 bridgehead atoms. The number of nitrogens with zero attached hydrogens (tertiary/aromatic N) is 1. The van der Waals surface area contributed by atoms with Gasteiger partial charge in [0.15, 0.2) is 0 Å². The predicted octanol–water partition coefficient (Wildman–Crippen LogP) is 6.57. The van der Waals surface area contributed by atoms with Gasteiger partial charge in [-0.3, -0.25) is 0 Å². The Labute approximate surface area is 171 Å². The highest BCUT2D eigenvalue weighted by molar-refractivity contribution is 14.2. The molecule has 7 heteroatoms. The maximum atomic E-state index is 13.4. The third-order valence-corrected chi connectivity index (χ3v) is 8.21. The van der Waals surface area contributed by atoms with Gasteiger partial charge >= 0.3 is 6.18 Å². The molecule has 0 aliphatic heterocycles. The second kappa shape index (κ2) is 7.95. The van der Waals surface area contributed by atoms with Crippen LogP contribution in [-0.2, 0) is 6.18 Å². The summed E-state index contributed by atoms with van der Waals surface area (Å²) in [6, 6.07) is 7.49. The molecule has 0 radical (unpaired) electrons. The van der Waals surface area contributed by atoms with E-state index in [1.54, 1.807) is 11.8 Å². The number of nitrogens with one attached hydrogen (secondary N) is 1. The van der Waals surface area contributed by atoms with E-state index in [2.05, 4.69) is 28.3 Å². The van der Waals surface area contributed by atoms with Crippen LogP contribution in [0.4, 0.5) is 13.2 Å². The van der Waals surface area contributed by atoms with Gasteiger partial charge in [0.1, 0.15) is 0 Å². The van der Waals surface area contributed by atoms with Crippen LogP contribution < -0.4 is 0 Å². The van der Waals surface area contributed by atoms with Gasteiger partial charge in [0.05, 0.1) is 11.4 Å². The molecule has 2 aromatic rings. The number of rotatable bonds is 4. The SMILES string of the molecule is C=IC1C(c2nc(C(F)(F)F)[nH]c2-c2ccc(SC)cc2)=CC=C(C)C1C. The van der Waals surface area contributed by atoms with Crippen LogP contribution in [0.1, 0.15) is 25.4 Å². The zero-order valence-electron chi connectivity index (χ0n) is 15.2. The Morgan fingerprint density at radius 1 is 1.19 bits per heavy atom. The highest BCUT2D eigenvalue weighted by Crippen LogP contribution is 2.42. The lowest BCUT2D eigenvalue weighted by Crippen LogP contribution is -2.18. The van der Waals surface area contributed by atoms with Crippen LogP contribution in [0.15, 0.2) is 46.9 Å². The van der Waals surface area contributed by atoms with E-state index in [9.17, 15) is 13.2 Å². The smallest absolute Gasteiger partial charge is 0.334 e. The van der Waals surface area contributed by atoms with Crippen LogP contribution in [0, 0.1) is 5.92 Å². The molecule has 0 saturated carbocycles. The van der Waals surface area contributed by atoms with E-state index in [-0.39, 0.29) is 9.84 Å². The van der Waals surface area contributed by atoms with Crippen molar-refractivity contribution in [2.24, 2.45) is 5.92 Å². The Hall–Kier alpha value is -1.35. The number of aromatic amines is 1. The van der Waals surface area contributed by atoms with Crippen molar-refractivity contribution in [1.82, 2.24) is 9.97 Å². The van der Waals surface area contributed by atoms with E-state index in [0.29, 0.717) is 17.0 Å². The summed E-state index contributed by atoms with van der Waals surface area (Å²) in [5.74, 6) is -0.699. The number of aromatic nitrogens is 2. The minimum Gasteiger partial charge on any atom is -0.334 e. The fraction of sp³-hybridized carbons (Fsp3) is 0.300. The number of benzene rings is 1. The minimum atomic E-state index is -4.52. The molecule has 0 amide bonds. The molecular formula is C20H20F3IN2S. The number of hydrogen-bond acceptors (Lipinski definition) is 2. The lowest BCUT2D eigenvalue weighted by atomic mass is 9.87. The molecule has 1 aliphatic rings. The molecule has 0 fully saturated rings. The number of imidazole rings is 1. The molecule has 27 heavy (non-hydrogen) atoms. The van der Waals surface area contributed by atoms with Crippen molar-refractivity contribution in [2.45, 2.75) is 28.8 Å². The number of H-pyrrole nitrogens is 1. The van der Waals surface area contributed by atoms with Gasteiger partial charge in [-0.25, -0.2) is 4.98 Å². The van der Waals surface area contributed by atoms with Crippen LogP contribution >= 0.6 is 32.5 Å². The van der Waals surface area contributed by atoms with Gasteiger partial charge in [-0.15, -0.1) is 32.5 Å². The second-order valence-corrected chi connectivity index (χ2v) is 9.52. The van der Waals surface area contributed by atoms with E-state index >= 15 is 0 Å². The molecule has 1 heterocycles. The summed E-state index contributed by atoms with van der Waals surface area (Å²) in [6.07, 6.45) is 1.34. The minimum absolute atomic E-state index is 0.141. The third-order valence-electron chi connectivity index (χ3n) is 4.77. The van der Waals surface area contributed by atoms with E-state index in [4.69, 9.17) is 0 Å². The molecular weight excluding hydrogens is 484 g/mol. The van der Waals surface area contributed by atoms with Crippen molar-refractivity contribution in [3.8, 4) is 11.3 Å². The van der Waals surface area contributed by atoms with Crippen molar-refractivity contribution < 1.29 is 13.2 Å². The number of alkyl halides is 4. The van der Waals surface area contributed by atoms with Crippen LogP contribution in [0.25, 0.3) is 16.8 Å². The van der Waals surface area contributed by atoms with Gasteiger partial charge < -0.3 is 4.98 Å². The van der Waals surface area contributed by atoms with Gasteiger partial charge in [-0.1, -0.05) is 41.3 Å². The molecule has 1 aromatic heterocycles. The van der Waals surface area contributed by atoms with E-state index in [0.717, 1.165) is 10.5 Å². The van der Waals surface area contributed by atoms with E-state index < -0.39 is 32.7 Å². The van der Waals surface area contributed by atoms with Crippen molar-refractivity contribution >= 4 is 42.6 Å². The molecule has 3 rings (SSSR count). The zero-order valence-corrected chi connectivity index (χ0v) is 18.2. The highest BCUT2D eigenvalue weighted by atomic mass is 127. The summed E-state index contributed by atoms with van der Waals surface area (Å²) in [4.78, 5) is 7.58. The number of allylic oxidation sites excluding steroid dienone is 4. The summed E-state index contributed by atoms with van der Waals surface area (Å²) >= 11 is 1.13. The Morgan fingerprint density at radius 2 is 1.85 bits per heavy atom. The molecule has 0 spiro atoms. The van der Waals surface area contributed by atoms with Crippen molar-refractivity contribution in [3.05, 3.63) is 53.5 Å². The summed E-state index contributed by atoms with van der Waals surface area (Å²) in [5.41, 5.74) is 3.59. The molecule has 0 saturated heterocycles. The van der Waals surface area contributed by atoms with Gasteiger partial charge in [0.25, 0.3) is 0 Å². The first-order chi connectivity index (χ1) is 12.8. The summed E-state index contributed by atoms with van der Waals surface area (Å²) in [7, 11) is 0. The average Bonchev–Trinajstić information content (AvgIpc) is 3.09. The zero-order chi connectivity index (χ0) is 19.8. The van der Waals surface area contributed by atoms with Gasteiger partial charge in [0, 0.05) is 14.4 Å². The van der Waals surface area contributed by atoms with E-state index in [1.807, 2.05) is 42.7 Å². The quantitative estimate of drug-likeness (QED) is 0.290. The normalized spacial score (nSPS) is 20.4. The largest absolute Gasteiger partial charge is 0.449 e. The lowest BCUT2D eigenvalue weighted by molar-refractivity contribution is -0.144. The van der Waals surface area contributed by atoms with Gasteiger partial charge in [0.2, 0.25) is 5.82 Å². The summed E-state index contributed by atoms with van der Waals surface area (Å²) < 4.78 is 44.4. The molecule has 1 aliphatic carbocycles. The van der Waals surface area contributed by atoms with Crippen molar-refractivity contribution in [1.29, 1.82) is 0 Å². The van der Waals surface area contributed by atoms with Gasteiger partial charge in [-0.2, -0.15) is 13.2 Å². The van der Waals surface area contributed by atoms with Crippen LogP contribution in [0.3, 0.4) is 0 Å². The lowest BCUT2D eigenvalue weighted by Gasteiger charge is -2.27. The first-order valence-corrected chi connectivity index (χ1v) is 12.3. The fourth-order valence-electron chi connectivity index (χ4n) is 3.07. The Bertz CT molecular complexity index is 910. The topological polar surface area (TPSA) is 28.7 Å². The van der Waals surface area contributed by atoms with Crippen molar-refractivity contribution in [3.63, 3.8) is 0 Å². The first-order valence-electron chi connectivity index (χ1n) is 8.33. The number of thioether (sulfide) groups is 1. The molecule has 1 N–H and O–H groups in total. The standard InChI is InChI=1S/C20H20F3IN2S/c1-11-5-10-15(16(24-3)12(11)2)18-17(25-19(26-18)20(21,22)23)13-6-8-14(27-4)9-7-13/h5-10,12,16H,3H2,1-2,4H3,(H,25,26). The second-order valence-electron chi connectivity index (χ2n) is 6.41. The monoisotopic (exact) mass is 504 g/mol. The molecule has 2 nitrogen and oxygen atoms in total. The van der Waals surface area contributed by atoms with Crippen molar-refractivity contribution in [2.75, 3.05) is 6.26 Å². The maximum absolute atomic E-state index is 13.4. The molecule has 2 atom stereocenters. The molecule has 2 unspecified atom stereocenters. The molecule has 1 aromatic carbocycles. The van der Waals surface area contributed by atoms with Gasteiger partial charge in [-0.05, 0) is 36.8 Å². The van der Waals surface area contributed by atoms with E-state index in [1.165, 1.54) is 5.57 Å². The van der Waals surface area contributed by atoms with Crippen LogP contribution in [0.2, 0.25) is 0 Å². The fourth-order valence-corrected chi connectivity index (χ4v) is 5.79. The van der Waals surface area contributed by atoms with Crippen LogP contribution in [-0.4, -0.2) is 24.7 Å². The number of hydrogen-bond donors (Lipinski definition) is 1. The molecule has 144 valence electrons. The average molecular weight is 504 g/mol.